The molecule has 1 aliphatic heterocycles. The monoisotopic (exact) mass is 524 g/mol. The third-order valence-electron chi connectivity index (χ3n) is 4.90. The van der Waals surface area contributed by atoms with Crippen molar-refractivity contribution in [2.24, 2.45) is 0 Å². The second-order valence-electron chi connectivity index (χ2n) is 7.15. The number of nitrogens with zero attached hydrogens (tertiary/aromatic N) is 2. The molecule has 1 fully saturated rings. The summed E-state index contributed by atoms with van der Waals surface area (Å²) in [6.45, 7) is 1.35. The molecule has 1 aliphatic rings. The van der Waals surface area contributed by atoms with E-state index in [0.29, 0.717) is 13.0 Å². The third-order valence-corrected chi connectivity index (χ3v) is 7.78. The lowest BCUT2D eigenvalue weighted by Crippen LogP contribution is -2.37. The van der Waals surface area contributed by atoms with Crippen LogP contribution in [0.1, 0.15) is 25.7 Å². The highest BCUT2D eigenvalue weighted by atomic mass is 79.9. The molecule has 1 aromatic heterocycles. The van der Waals surface area contributed by atoms with Gasteiger partial charge in [0.2, 0.25) is 5.91 Å². The summed E-state index contributed by atoms with van der Waals surface area (Å²) in [5, 5.41) is 1.50. The van der Waals surface area contributed by atoms with Crippen molar-refractivity contribution in [2.45, 2.75) is 36.7 Å². The lowest BCUT2D eigenvalue weighted by atomic mass is 10.2. The van der Waals surface area contributed by atoms with E-state index in [2.05, 4.69) is 15.9 Å². The molecule has 1 amide bonds. The van der Waals surface area contributed by atoms with Crippen LogP contribution in [0.2, 0.25) is 5.02 Å². The number of amides is 1. The Hall–Kier alpha value is -1.12. The highest BCUT2D eigenvalue weighted by Gasteiger charge is 2.26. The third kappa shape index (κ3) is 5.77. The van der Waals surface area contributed by atoms with Crippen LogP contribution in [-0.4, -0.2) is 35.9 Å². The van der Waals surface area contributed by atoms with Gasteiger partial charge in [0.1, 0.15) is 0 Å². The zero-order valence-corrected chi connectivity index (χ0v) is 20.3. The summed E-state index contributed by atoms with van der Waals surface area (Å²) in [4.78, 5) is 20.9. The quantitative estimate of drug-likeness (QED) is 0.240. The largest absolute Gasteiger partial charge is 0.376 e. The number of thioether (sulfide) groups is 1. The van der Waals surface area contributed by atoms with Crippen molar-refractivity contribution in [3.05, 3.63) is 52.0 Å². The van der Waals surface area contributed by atoms with E-state index in [9.17, 15) is 4.79 Å². The summed E-state index contributed by atoms with van der Waals surface area (Å²) in [5.41, 5.74) is 0.918. The van der Waals surface area contributed by atoms with E-state index in [0.717, 1.165) is 56.5 Å². The molecule has 4 rings (SSSR count). The Labute approximate surface area is 198 Å². The second kappa shape index (κ2) is 10.5. The van der Waals surface area contributed by atoms with Crippen molar-refractivity contribution in [3.63, 3.8) is 0 Å². The van der Waals surface area contributed by atoms with Gasteiger partial charge in [-0.05, 0) is 67.5 Å². The molecule has 0 saturated carbocycles. The topological polar surface area (TPSA) is 42.4 Å². The van der Waals surface area contributed by atoms with Gasteiger partial charge in [-0.3, -0.25) is 9.69 Å². The first-order valence-electron chi connectivity index (χ1n) is 9.95. The van der Waals surface area contributed by atoms with Crippen molar-refractivity contribution in [1.29, 1.82) is 0 Å². The van der Waals surface area contributed by atoms with Crippen LogP contribution in [0.3, 0.4) is 0 Å². The molecule has 4 nitrogen and oxygen atoms in total. The first-order valence-corrected chi connectivity index (χ1v) is 12.9. The number of carbonyl (C=O) groups is 1. The Morgan fingerprint density at radius 3 is 2.90 bits per heavy atom. The fraction of sp³-hybridized carbons (Fsp3) is 0.364. The van der Waals surface area contributed by atoms with E-state index in [1.54, 1.807) is 23.1 Å². The molecule has 2 aromatic carbocycles. The van der Waals surface area contributed by atoms with Crippen LogP contribution >= 0.6 is 50.6 Å². The molecule has 0 radical (unpaired) electrons. The van der Waals surface area contributed by atoms with Crippen molar-refractivity contribution >= 4 is 71.9 Å². The molecule has 8 heteroatoms. The zero-order chi connectivity index (χ0) is 20.9. The number of hydrogen-bond donors (Lipinski definition) is 0. The highest BCUT2D eigenvalue weighted by molar-refractivity contribution is 9.10. The maximum atomic E-state index is 13.1. The predicted octanol–water partition coefficient (Wildman–Crippen LogP) is 6.80. The van der Waals surface area contributed by atoms with Crippen LogP contribution in [0.4, 0.5) is 5.13 Å². The second-order valence-corrected chi connectivity index (χ2v) is 10.7. The number of halogens is 2. The van der Waals surface area contributed by atoms with Gasteiger partial charge in [0, 0.05) is 27.4 Å². The number of thiazole rings is 1. The number of fused-ring (bicyclic) bond motifs is 1. The normalized spacial score (nSPS) is 16.3. The fourth-order valence-electron chi connectivity index (χ4n) is 3.36. The summed E-state index contributed by atoms with van der Waals surface area (Å²) < 4.78 is 7.89. The van der Waals surface area contributed by atoms with E-state index in [1.165, 1.54) is 4.90 Å². The first-order chi connectivity index (χ1) is 14.6. The van der Waals surface area contributed by atoms with E-state index >= 15 is 0 Å². The minimum atomic E-state index is 0.0936. The Bertz CT molecular complexity index is 1010. The van der Waals surface area contributed by atoms with Crippen molar-refractivity contribution in [2.75, 3.05) is 23.8 Å². The molecular weight excluding hydrogens is 504 g/mol. The van der Waals surface area contributed by atoms with E-state index in [-0.39, 0.29) is 12.0 Å². The molecule has 0 N–H and O–H groups in total. The van der Waals surface area contributed by atoms with Crippen LogP contribution < -0.4 is 4.90 Å². The van der Waals surface area contributed by atoms with Gasteiger partial charge in [-0.15, -0.1) is 11.8 Å². The first kappa shape index (κ1) is 22.1. The van der Waals surface area contributed by atoms with Crippen molar-refractivity contribution < 1.29 is 9.53 Å². The summed E-state index contributed by atoms with van der Waals surface area (Å²) in [7, 11) is 0. The predicted molar refractivity (Wildman–Crippen MR) is 130 cm³/mol. The van der Waals surface area contributed by atoms with Crippen LogP contribution in [0.5, 0.6) is 0 Å². The molecule has 1 atom stereocenters. The molecule has 30 heavy (non-hydrogen) atoms. The summed E-state index contributed by atoms with van der Waals surface area (Å²) in [5.74, 6) is 0.994. The number of ether oxygens (including phenoxy) is 1. The number of aromatic nitrogens is 1. The average molecular weight is 526 g/mol. The summed E-state index contributed by atoms with van der Waals surface area (Å²) in [6, 6.07) is 13.8. The molecule has 0 aliphatic carbocycles. The number of carbonyl (C=O) groups excluding carboxylic acids is 1. The molecule has 1 unspecified atom stereocenters. The molecular formula is C22H22BrClN2O2S2. The van der Waals surface area contributed by atoms with E-state index in [4.69, 9.17) is 21.3 Å². The Morgan fingerprint density at radius 2 is 2.13 bits per heavy atom. The van der Waals surface area contributed by atoms with Gasteiger partial charge in [-0.1, -0.05) is 38.9 Å². The standard InChI is InChI=1S/C22H22BrClN2O2S2/c23-15-5-10-19-20(13-15)30-22(25-19)26(14-17-3-1-11-28-17)21(27)4-2-12-29-18-8-6-16(24)7-9-18/h5-10,13,17H,1-4,11-12,14H2. The smallest absolute Gasteiger partial charge is 0.228 e. The van der Waals surface area contributed by atoms with Gasteiger partial charge in [-0.2, -0.15) is 0 Å². The van der Waals surface area contributed by atoms with E-state index in [1.807, 2.05) is 47.4 Å². The minimum Gasteiger partial charge on any atom is -0.376 e. The van der Waals surface area contributed by atoms with Gasteiger partial charge in [-0.25, -0.2) is 4.98 Å². The lowest BCUT2D eigenvalue weighted by molar-refractivity contribution is -0.119. The molecule has 0 bridgehead atoms. The zero-order valence-electron chi connectivity index (χ0n) is 16.4. The SMILES string of the molecule is O=C(CCCSc1ccc(Cl)cc1)N(CC1CCCO1)c1nc2ccc(Br)cc2s1. The number of anilines is 1. The molecule has 1 saturated heterocycles. The van der Waals surface area contributed by atoms with Crippen molar-refractivity contribution in [1.82, 2.24) is 4.98 Å². The average Bonchev–Trinajstić information content (AvgIpc) is 3.39. The highest BCUT2D eigenvalue weighted by Crippen LogP contribution is 2.32. The molecule has 3 aromatic rings. The van der Waals surface area contributed by atoms with Gasteiger partial charge in [0.25, 0.3) is 0 Å². The van der Waals surface area contributed by atoms with Crippen molar-refractivity contribution in [3.8, 4) is 0 Å². The van der Waals surface area contributed by atoms with E-state index < -0.39 is 0 Å². The van der Waals surface area contributed by atoms with Crippen LogP contribution in [-0.2, 0) is 9.53 Å². The summed E-state index contributed by atoms with van der Waals surface area (Å²) >= 11 is 12.8. The lowest BCUT2D eigenvalue weighted by Gasteiger charge is -2.23. The molecule has 2 heterocycles. The number of rotatable bonds is 8. The minimum absolute atomic E-state index is 0.0936. The fourth-order valence-corrected chi connectivity index (χ4v) is 5.88. The summed E-state index contributed by atoms with van der Waals surface area (Å²) in [6.07, 6.45) is 3.44. The maximum Gasteiger partial charge on any atom is 0.228 e. The number of benzene rings is 2. The van der Waals surface area contributed by atoms with Gasteiger partial charge in [0.15, 0.2) is 5.13 Å². The van der Waals surface area contributed by atoms with Crippen LogP contribution in [0.15, 0.2) is 51.8 Å². The van der Waals surface area contributed by atoms with Gasteiger partial charge >= 0.3 is 0 Å². The maximum absolute atomic E-state index is 13.1. The molecule has 158 valence electrons. The van der Waals surface area contributed by atoms with Gasteiger partial charge < -0.3 is 4.74 Å². The Kier molecular flexibility index (Phi) is 7.70. The van der Waals surface area contributed by atoms with Gasteiger partial charge in [0.05, 0.1) is 22.9 Å². The number of hydrogen-bond acceptors (Lipinski definition) is 5. The Balaban J connectivity index is 1.41. The molecule has 0 spiro atoms. The Morgan fingerprint density at radius 1 is 1.30 bits per heavy atom. The van der Waals surface area contributed by atoms with Crippen LogP contribution in [0.25, 0.3) is 10.2 Å². The van der Waals surface area contributed by atoms with Crippen LogP contribution in [0, 0.1) is 0 Å².